The third kappa shape index (κ3) is 1.85. The molecule has 1 aliphatic carbocycles. The topological polar surface area (TPSA) is 66.4 Å². The Morgan fingerprint density at radius 1 is 1.67 bits per heavy atom. The molecule has 4 nitrogen and oxygen atoms in total. The number of carbonyl (C=O) groups excluding carboxylic acids is 1. The number of carboxylic acid groups (broad SMARTS) is 1. The van der Waals surface area contributed by atoms with Crippen LogP contribution in [0.2, 0.25) is 4.34 Å². The molecule has 0 bridgehead atoms. The van der Waals surface area contributed by atoms with E-state index in [0.29, 0.717) is 9.34 Å². The van der Waals surface area contributed by atoms with E-state index in [9.17, 15) is 9.59 Å². The van der Waals surface area contributed by atoms with Gasteiger partial charge in [-0.2, -0.15) is 0 Å². The molecular formula is C9H8ClNO3S. The summed E-state index contributed by atoms with van der Waals surface area (Å²) in [5.74, 6) is -1.88. The van der Waals surface area contributed by atoms with Crippen LogP contribution in [0.3, 0.4) is 0 Å². The minimum absolute atomic E-state index is 0.0628. The lowest BCUT2D eigenvalue weighted by molar-refractivity contribution is -0.147. The molecule has 1 heterocycles. The highest BCUT2D eigenvalue weighted by Crippen LogP contribution is 2.47. The first-order chi connectivity index (χ1) is 7.46. The molecule has 2 atom stereocenters. The largest absolute Gasteiger partial charge is 0.480 e. The maximum Gasteiger partial charge on any atom is 0.319 e. The van der Waals surface area contributed by atoms with Crippen molar-refractivity contribution in [3.8, 4) is 0 Å². The summed E-state index contributed by atoms with van der Waals surface area (Å²) in [5.41, 5.74) is -1.57. The van der Waals surface area contributed by atoms with Crippen molar-refractivity contribution >= 4 is 39.8 Å². The van der Waals surface area contributed by atoms with Crippen LogP contribution in [0.4, 0.5) is 5.00 Å². The molecule has 1 aromatic rings. The Kier molecular flexibility index (Phi) is 2.14. The molecule has 0 saturated heterocycles. The van der Waals surface area contributed by atoms with Crippen molar-refractivity contribution in [3.05, 3.63) is 16.5 Å². The number of thiophene rings is 1. The fraction of sp³-hybridized carbons (Fsp3) is 0.333. The Labute approximate surface area is 96.3 Å². The van der Waals surface area contributed by atoms with Crippen molar-refractivity contribution in [2.45, 2.75) is 12.8 Å². The lowest BCUT2D eigenvalue weighted by Crippen LogP contribution is -2.30. The standard InChI is InChI=1S/C9H8ClNO3S/c10-5-1-2-6(15-5)11-7(12)9(3-4-9)8(13)14/h1-2H,3-4H2,(H,11,12)(H,13,14)/i3D. The maximum absolute atomic E-state index is 11.7. The second kappa shape index (κ2) is 3.50. The third-order valence-corrected chi connectivity index (χ3v) is 3.36. The molecule has 1 aromatic heterocycles. The van der Waals surface area contributed by atoms with Crippen LogP contribution in [0.25, 0.3) is 0 Å². The van der Waals surface area contributed by atoms with Gasteiger partial charge in [-0.3, -0.25) is 9.59 Å². The Hall–Kier alpha value is -1.07. The van der Waals surface area contributed by atoms with Crippen LogP contribution in [0.1, 0.15) is 14.2 Å². The number of nitrogens with one attached hydrogen (secondary N) is 1. The molecule has 0 aliphatic heterocycles. The van der Waals surface area contributed by atoms with Crippen LogP contribution < -0.4 is 5.32 Å². The average molecular weight is 247 g/mol. The first-order valence-electron chi connectivity index (χ1n) is 4.77. The lowest BCUT2D eigenvalue weighted by Gasteiger charge is -2.08. The van der Waals surface area contributed by atoms with Gasteiger partial charge < -0.3 is 10.4 Å². The van der Waals surface area contributed by atoms with Gasteiger partial charge in [0.05, 0.1) is 9.34 Å². The number of hydrogen-bond donors (Lipinski definition) is 2. The normalized spacial score (nSPS) is 29.4. The number of carboxylic acids is 1. The fourth-order valence-corrected chi connectivity index (χ4v) is 2.10. The first kappa shape index (κ1) is 9.18. The zero-order chi connectivity index (χ0) is 11.9. The molecule has 1 fully saturated rings. The van der Waals surface area contributed by atoms with E-state index in [0.717, 1.165) is 11.3 Å². The van der Waals surface area contributed by atoms with Gasteiger partial charge in [0.15, 0.2) is 0 Å². The highest BCUT2D eigenvalue weighted by Gasteiger charge is 2.57. The van der Waals surface area contributed by atoms with Crippen LogP contribution in [0.15, 0.2) is 12.1 Å². The van der Waals surface area contributed by atoms with Crippen molar-refractivity contribution in [2.24, 2.45) is 5.41 Å². The van der Waals surface area contributed by atoms with E-state index >= 15 is 0 Å². The summed E-state index contributed by atoms with van der Waals surface area (Å²) in [7, 11) is 0. The Bertz CT molecular complexity index is 463. The predicted octanol–water partition coefficient (Wildman–Crippen LogP) is 2.20. The molecule has 15 heavy (non-hydrogen) atoms. The van der Waals surface area contributed by atoms with E-state index < -0.39 is 23.7 Å². The van der Waals surface area contributed by atoms with Crippen molar-refractivity contribution < 1.29 is 16.1 Å². The van der Waals surface area contributed by atoms with Gasteiger partial charge >= 0.3 is 5.97 Å². The molecule has 0 radical (unpaired) electrons. The minimum Gasteiger partial charge on any atom is -0.480 e. The van der Waals surface area contributed by atoms with Crippen LogP contribution in [0, 0.1) is 5.41 Å². The van der Waals surface area contributed by atoms with Crippen LogP contribution in [-0.2, 0) is 9.59 Å². The van der Waals surface area contributed by atoms with E-state index in [1.54, 1.807) is 12.1 Å². The molecule has 1 aliphatic rings. The second-order valence-electron chi connectivity index (χ2n) is 3.24. The van der Waals surface area contributed by atoms with Crippen molar-refractivity contribution in [1.29, 1.82) is 0 Å². The molecule has 0 spiro atoms. The van der Waals surface area contributed by atoms with Gasteiger partial charge in [0.2, 0.25) is 5.91 Å². The zero-order valence-corrected chi connectivity index (χ0v) is 9.06. The monoisotopic (exact) mass is 246 g/mol. The number of hydrogen-bond acceptors (Lipinski definition) is 3. The molecule has 6 heteroatoms. The zero-order valence-electron chi connectivity index (χ0n) is 8.49. The lowest BCUT2D eigenvalue weighted by atomic mass is 10.1. The summed E-state index contributed by atoms with van der Waals surface area (Å²) in [6.45, 7) is 0. The van der Waals surface area contributed by atoms with Gasteiger partial charge in [0.1, 0.15) is 5.41 Å². The summed E-state index contributed by atoms with van der Waals surface area (Å²) in [5, 5.41) is 11.9. The van der Waals surface area contributed by atoms with Crippen LogP contribution >= 0.6 is 22.9 Å². The Morgan fingerprint density at radius 2 is 2.33 bits per heavy atom. The smallest absolute Gasteiger partial charge is 0.319 e. The molecular weight excluding hydrogens is 238 g/mol. The number of halogens is 1. The molecule has 2 rings (SSSR count). The average Bonchev–Trinajstić information content (AvgIpc) is 2.73. The molecule has 1 saturated carbocycles. The Balaban J connectivity index is 2.12. The summed E-state index contributed by atoms with van der Waals surface area (Å²) >= 11 is 6.83. The predicted molar refractivity (Wildman–Crippen MR) is 57.3 cm³/mol. The number of rotatable bonds is 3. The van der Waals surface area contributed by atoms with Crippen LogP contribution in [0.5, 0.6) is 0 Å². The van der Waals surface area contributed by atoms with Gasteiger partial charge in [-0.05, 0) is 25.0 Å². The molecule has 2 N–H and O–H groups in total. The van der Waals surface area contributed by atoms with Gasteiger partial charge in [-0.1, -0.05) is 11.6 Å². The maximum atomic E-state index is 11.7. The van der Waals surface area contributed by atoms with E-state index in [2.05, 4.69) is 5.32 Å². The van der Waals surface area contributed by atoms with Crippen LogP contribution in [-0.4, -0.2) is 17.0 Å². The summed E-state index contributed by atoms with van der Waals surface area (Å²) in [6.07, 6.45) is -0.798. The summed E-state index contributed by atoms with van der Waals surface area (Å²) in [4.78, 5) is 22.6. The number of anilines is 1. The molecule has 2 unspecified atom stereocenters. The number of carbonyl (C=O) groups is 2. The summed E-state index contributed by atoms with van der Waals surface area (Å²) < 4.78 is 7.88. The van der Waals surface area contributed by atoms with Crippen molar-refractivity contribution in [2.75, 3.05) is 5.32 Å². The minimum atomic E-state index is -1.57. The highest BCUT2D eigenvalue weighted by molar-refractivity contribution is 7.20. The fourth-order valence-electron chi connectivity index (χ4n) is 1.16. The van der Waals surface area contributed by atoms with E-state index in [1.165, 1.54) is 0 Å². The van der Waals surface area contributed by atoms with Gasteiger partial charge in [0.25, 0.3) is 0 Å². The van der Waals surface area contributed by atoms with E-state index in [-0.39, 0.29) is 6.42 Å². The van der Waals surface area contributed by atoms with Crippen molar-refractivity contribution in [3.63, 3.8) is 0 Å². The number of aliphatic carboxylic acids is 1. The van der Waals surface area contributed by atoms with Gasteiger partial charge in [-0.15, -0.1) is 11.3 Å². The Morgan fingerprint density at radius 3 is 2.73 bits per heavy atom. The van der Waals surface area contributed by atoms with Crippen molar-refractivity contribution in [1.82, 2.24) is 0 Å². The summed E-state index contributed by atoms with van der Waals surface area (Å²) in [6, 6.07) is 3.21. The van der Waals surface area contributed by atoms with E-state index in [4.69, 9.17) is 18.1 Å². The quantitative estimate of drug-likeness (QED) is 0.804. The third-order valence-electron chi connectivity index (χ3n) is 2.21. The van der Waals surface area contributed by atoms with Gasteiger partial charge in [-0.25, -0.2) is 0 Å². The highest BCUT2D eigenvalue weighted by atomic mass is 35.5. The second-order valence-corrected chi connectivity index (χ2v) is 4.96. The SMILES string of the molecule is [2H]C1CC1(C(=O)O)C(=O)Nc1ccc(Cl)s1. The van der Waals surface area contributed by atoms with Gasteiger partial charge in [0, 0.05) is 1.37 Å². The first-order valence-corrected chi connectivity index (χ1v) is 5.38. The van der Waals surface area contributed by atoms with E-state index in [1.807, 2.05) is 0 Å². The molecule has 1 amide bonds. The molecule has 80 valence electrons. The number of amides is 1. The molecule has 0 aromatic carbocycles.